The van der Waals surface area contributed by atoms with Crippen molar-refractivity contribution in [3.05, 3.63) is 35.6 Å². The molecule has 4 heteroatoms. The van der Waals surface area contributed by atoms with Gasteiger partial charge in [-0.15, -0.1) is 0 Å². The lowest BCUT2D eigenvalue weighted by Crippen LogP contribution is -2.36. The Kier molecular flexibility index (Phi) is 4.86. The van der Waals surface area contributed by atoms with Gasteiger partial charge in [-0.05, 0) is 37.5 Å². The van der Waals surface area contributed by atoms with E-state index in [2.05, 4.69) is 35.1 Å². The van der Waals surface area contributed by atoms with Crippen molar-refractivity contribution in [2.45, 2.75) is 33.2 Å². The first-order valence-electron chi connectivity index (χ1n) is 6.86. The quantitative estimate of drug-likeness (QED) is 0.827. The maximum Gasteiger partial charge on any atom is 0.287 e. The number of nitrogens with one attached hydrogen (secondary N) is 1. The number of rotatable bonds is 5. The van der Waals surface area contributed by atoms with Crippen LogP contribution in [0.4, 0.5) is 0 Å². The summed E-state index contributed by atoms with van der Waals surface area (Å²) in [6.45, 7) is 6.31. The lowest BCUT2D eigenvalue weighted by Gasteiger charge is -2.17. The largest absolute Gasteiger partial charge is 0.451 e. The van der Waals surface area contributed by atoms with Crippen LogP contribution in [-0.4, -0.2) is 17.3 Å². The van der Waals surface area contributed by atoms with Crippen molar-refractivity contribution in [1.82, 2.24) is 5.32 Å². The van der Waals surface area contributed by atoms with Gasteiger partial charge < -0.3 is 9.73 Å². The van der Waals surface area contributed by atoms with E-state index < -0.39 is 0 Å². The normalized spacial score (nSPS) is 12.8. The number of hydrogen-bond donors (Lipinski definition) is 1. The van der Waals surface area contributed by atoms with Gasteiger partial charge in [-0.3, -0.25) is 4.79 Å². The van der Waals surface area contributed by atoms with Crippen LogP contribution >= 0.6 is 15.9 Å². The Morgan fingerprint density at radius 2 is 2.10 bits per heavy atom. The fourth-order valence-electron chi connectivity index (χ4n) is 2.26. The van der Waals surface area contributed by atoms with Gasteiger partial charge in [-0.1, -0.05) is 41.4 Å². The van der Waals surface area contributed by atoms with Gasteiger partial charge in [0.2, 0.25) is 0 Å². The third kappa shape index (κ3) is 3.63. The van der Waals surface area contributed by atoms with E-state index >= 15 is 0 Å². The number of aryl methyl sites for hydroxylation is 1. The van der Waals surface area contributed by atoms with Gasteiger partial charge in [-0.2, -0.15) is 0 Å². The highest BCUT2D eigenvalue weighted by molar-refractivity contribution is 9.09. The zero-order chi connectivity index (χ0) is 14.7. The summed E-state index contributed by atoms with van der Waals surface area (Å²) >= 11 is 3.44. The molecule has 1 aromatic heterocycles. The topological polar surface area (TPSA) is 42.2 Å². The van der Waals surface area contributed by atoms with E-state index in [0.29, 0.717) is 11.7 Å². The highest BCUT2D eigenvalue weighted by Gasteiger charge is 2.17. The molecular formula is C16H20BrNO2. The Hall–Kier alpha value is -1.29. The molecule has 1 heterocycles. The van der Waals surface area contributed by atoms with E-state index in [1.807, 2.05) is 25.1 Å². The molecule has 2 aromatic rings. The Bertz CT molecular complexity index is 604. The number of furan rings is 1. The minimum atomic E-state index is -0.149. The molecule has 0 aliphatic rings. The first kappa shape index (κ1) is 15.1. The predicted octanol–water partition coefficient (Wildman–Crippen LogP) is 4.28. The Labute approximate surface area is 127 Å². The molecule has 0 aliphatic carbocycles. The Morgan fingerprint density at radius 3 is 2.75 bits per heavy atom. The number of carbonyl (C=O) groups excluding carboxylic acids is 1. The molecule has 0 saturated carbocycles. The summed E-state index contributed by atoms with van der Waals surface area (Å²) in [5.41, 5.74) is 1.91. The van der Waals surface area contributed by atoms with Crippen molar-refractivity contribution < 1.29 is 9.21 Å². The van der Waals surface area contributed by atoms with Crippen LogP contribution in [0.5, 0.6) is 0 Å². The number of carbonyl (C=O) groups is 1. The summed E-state index contributed by atoms with van der Waals surface area (Å²) < 4.78 is 5.61. The van der Waals surface area contributed by atoms with Gasteiger partial charge in [-0.25, -0.2) is 0 Å². The Morgan fingerprint density at radius 1 is 1.35 bits per heavy atom. The second-order valence-electron chi connectivity index (χ2n) is 5.61. The van der Waals surface area contributed by atoms with Gasteiger partial charge >= 0.3 is 0 Å². The zero-order valence-electron chi connectivity index (χ0n) is 12.1. The van der Waals surface area contributed by atoms with Crippen LogP contribution in [0, 0.1) is 12.8 Å². The first-order valence-corrected chi connectivity index (χ1v) is 7.98. The monoisotopic (exact) mass is 337 g/mol. The maximum absolute atomic E-state index is 12.2. The third-order valence-corrected chi connectivity index (χ3v) is 3.95. The predicted molar refractivity (Wildman–Crippen MR) is 85.5 cm³/mol. The molecule has 0 saturated heterocycles. The number of fused-ring (bicyclic) bond motifs is 1. The average molecular weight is 338 g/mol. The van der Waals surface area contributed by atoms with E-state index in [0.717, 1.165) is 28.3 Å². The van der Waals surface area contributed by atoms with Crippen LogP contribution < -0.4 is 5.32 Å². The van der Waals surface area contributed by atoms with Crippen molar-refractivity contribution in [2.24, 2.45) is 5.92 Å². The molecule has 1 N–H and O–H groups in total. The molecule has 0 aliphatic heterocycles. The summed E-state index contributed by atoms with van der Waals surface area (Å²) in [6, 6.07) is 7.83. The van der Waals surface area contributed by atoms with Crippen LogP contribution in [-0.2, 0) is 0 Å². The molecule has 0 fully saturated rings. The second-order valence-corrected chi connectivity index (χ2v) is 6.25. The van der Waals surface area contributed by atoms with Crippen LogP contribution in [0.25, 0.3) is 11.0 Å². The van der Waals surface area contributed by atoms with E-state index in [-0.39, 0.29) is 11.9 Å². The van der Waals surface area contributed by atoms with Crippen LogP contribution in [0.3, 0.4) is 0 Å². The summed E-state index contributed by atoms with van der Waals surface area (Å²) in [5.74, 6) is 0.764. The number of hydrogen-bond acceptors (Lipinski definition) is 2. The van der Waals surface area contributed by atoms with Gasteiger partial charge in [0.1, 0.15) is 5.58 Å². The van der Waals surface area contributed by atoms with E-state index in [9.17, 15) is 4.79 Å². The lowest BCUT2D eigenvalue weighted by molar-refractivity contribution is 0.0911. The van der Waals surface area contributed by atoms with E-state index in [1.54, 1.807) is 6.07 Å². The molecule has 1 atom stereocenters. The summed E-state index contributed by atoms with van der Waals surface area (Å²) in [5, 5.41) is 4.72. The van der Waals surface area contributed by atoms with E-state index in [1.165, 1.54) is 0 Å². The molecule has 0 radical (unpaired) electrons. The maximum atomic E-state index is 12.2. The molecule has 0 spiro atoms. The van der Waals surface area contributed by atoms with Gasteiger partial charge in [0.05, 0.1) is 0 Å². The molecule has 1 unspecified atom stereocenters. The molecule has 0 bridgehead atoms. The van der Waals surface area contributed by atoms with E-state index in [4.69, 9.17) is 4.42 Å². The standard InChI is InChI=1S/C16H20BrNO2/c1-10(2)6-13(9-17)18-16(19)15-8-12-7-11(3)4-5-14(12)20-15/h4-5,7-8,10,13H,6,9H2,1-3H3,(H,18,19). The smallest absolute Gasteiger partial charge is 0.287 e. The second kappa shape index (κ2) is 6.44. The zero-order valence-corrected chi connectivity index (χ0v) is 13.7. The molecule has 2 rings (SSSR count). The van der Waals surface area contributed by atoms with Crippen molar-refractivity contribution in [1.29, 1.82) is 0 Å². The van der Waals surface area contributed by atoms with Crippen LogP contribution in [0.1, 0.15) is 36.4 Å². The van der Waals surface area contributed by atoms with Crippen molar-refractivity contribution in [3.63, 3.8) is 0 Å². The molecule has 1 aromatic carbocycles. The van der Waals surface area contributed by atoms with Crippen LogP contribution in [0.15, 0.2) is 28.7 Å². The van der Waals surface area contributed by atoms with Crippen molar-refractivity contribution in [2.75, 3.05) is 5.33 Å². The number of benzene rings is 1. The highest BCUT2D eigenvalue weighted by Crippen LogP contribution is 2.21. The first-order chi connectivity index (χ1) is 9.49. The number of halogens is 1. The Balaban J connectivity index is 2.14. The number of alkyl halides is 1. The summed E-state index contributed by atoms with van der Waals surface area (Å²) in [6.07, 6.45) is 0.941. The molecular weight excluding hydrogens is 318 g/mol. The number of amides is 1. The van der Waals surface area contributed by atoms with Crippen LogP contribution in [0.2, 0.25) is 0 Å². The lowest BCUT2D eigenvalue weighted by atomic mass is 10.1. The molecule has 1 amide bonds. The fourth-order valence-corrected chi connectivity index (χ4v) is 2.69. The van der Waals surface area contributed by atoms with Gasteiger partial charge in [0.15, 0.2) is 5.76 Å². The molecule has 20 heavy (non-hydrogen) atoms. The summed E-state index contributed by atoms with van der Waals surface area (Å²) in [7, 11) is 0. The molecule has 3 nitrogen and oxygen atoms in total. The summed E-state index contributed by atoms with van der Waals surface area (Å²) in [4.78, 5) is 12.2. The van der Waals surface area contributed by atoms with Crippen molar-refractivity contribution in [3.8, 4) is 0 Å². The van der Waals surface area contributed by atoms with Crippen molar-refractivity contribution >= 4 is 32.8 Å². The molecule has 108 valence electrons. The van der Waals surface area contributed by atoms with Gasteiger partial charge in [0.25, 0.3) is 5.91 Å². The minimum absolute atomic E-state index is 0.123. The average Bonchev–Trinajstić information content (AvgIpc) is 2.80. The van der Waals surface area contributed by atoms with Gasteiger partial charge in [0, 0.05) is 16.8 Å². The SMILES string of the molecule is Cc1ccc2oc(C(=O)NC(CBr)CC(C)C)cc2c1. The fraction of sp³-hybridized carbons (Fsp3) is 0.438. The highest BCUT2D eigenvalue weighted by atomic mass is 79.9. The minimum Gasteiger partial charge on any atom is -0.451 e. The third-order valence-electron chi connectivity index (χ3n) is 3.17.